The summed E-state index contributed by atoms with van der Waals surface area (Å²) in [4.78, 5) is 27.4. The monoisotopic (exact) mass is 653 g/mol. The molecule has 0 unspecified atom stereocenters. The molecule has 45 heavy (non-hydrogen) atoms. The Balaban J connectivity index is 1.50. The highest BCUT2D eigenvalue weighted by Crippen LogP contribution is 2.37. The standard InChI is InChI=1S/C29H31N7O7S2/c1-42-27-23(15-32-29(34-27)43-2)17-5-8-22-24(13-17)31-16-25(45(40,41)35-19-6-7-19)26(22)33-20-11-18(12-21(14-20)44(30,38)39)28(37)36-9-3-4-10-36/h5,8,11-16,19,35H,3-4,6-7,9-10H2,1-2H3,(H,31,33)(H2,30,38,39). The number of anilines is 2. The number of nitrogens with one attached hydrogen (secondary N) is 2. The summed E-state index contributed by atoms with van der Waals surface area (Å²) < 4.78 is 65.2. The lowest BCUT2D eigenvalue weighted by Crippen LogP contribution is -2.28. The van der Waals surface area contributed by atoms with E-state index < -0.39 is 20.0 Å². The first-order chi connectivity index (χ1) is 21.5. The lowest BCUT2D eigenvalue weighted by Gasteiger charge is -2.19. The average Bonchev–Trinajstić information content (AvgIpc) is 3.65. The van der Waals surface area contributed by atoms with Crippen molar-refractivity contribution in [3.63, 3.8) is 0 Å². The highest BCUT2D eigenvalue weighted by Gasteiger charge is 2.31. The number of hydrogen-bond donors (Lipinski definition) is 3. The fourth-order valence-electron chi connectivity index (χ4n) is 5.17. The number of nitrogens with zero attached hydrogens (tertiary/aromatic N) is 4. The number of ether oxygens (including phenoxy) is 2. The van der Waals surface area contributed by atoms with Crippen molar-refractivity contribution in [1.29, 1.82) is 0 Å². The quantitative estimate of drug-likeness (QED) is 0.228. The molecule has 4 N–H and O–H groups in total. The van der Waals surface area contributed by atoms with Crippen molar-refractivity contribution in [3.8, 4) is 23.0 Å². The Hall–Kier alpha value is -4.38. The van der Waals surface area contributed by atoms with E-state index in [0.717, 1.165) is 25.7 Å². The number of carbonyl (C=O) groups excluding carboxylic acids is 1. The molecule has 0 spiro atoms. The number of pyridine rings is 1. The molecule has 0 atom stereocenters. The van der Waals surface area contributed by atoms with E-state index in [2.05, 4.69) is 25.0 Å². The molecule has 4 aromatic rings. The van der Waals surface area contributed by atoms with E-state index in [4.69, 9.17) is 14.6 Å². The predicted molar refractivity (Wildman–Crippen MR) is 165 cm³/mol. The molecule has 0 radical (unpaired) electrons. The first-order valence-electron chi connectivity index (χ1n) is 14.1. The molecule has 1 aliphatic heterocycles. The Kier molecular flexibility index (Phi) is 8.07. The molecule has 2 aromatic heterocycles. The number of nitrogens with two attached hydrogens (primary N) is 1. The second-order valence-electron chi connectivity index (χ2n) is 10.8. The van der Waals surface area contributed by atoms with Gasteiger partial charge in [0.1, 0.15) is 4.90 Å². The number of methoxy groups -OCH3 is 2. The van der Waals surface area contributed by atoms with Crippen LogP contribution < -0.4 is 24.7 Å². The van der Waals surface area contributed by atoms with Gasteiger partial charge in [0.2, 0.25) is 25.9 Å². The van der Waals surface area contributed by atoms with Gasteiger partial charge in [-0.3, -0.25) is 9.78 Å². The summed E-state index contributed by atoms with van der Waals surface area (Å²) in [7, 11) is -5.36. The average molecular weight is 654 g/mol. The van der Waals surface area contributed by atoms with E-state index in [1.165, 1.54) is 38.6 Å². The van der Waals surface area contributed by atoms with Crippen LogP contribution in [0.1, 0.15) is 36.0 Å². The van der Waals surface area contributed by atoms with Gasteiger partial charge in [0.05, 0.1) is 35.9 Å². The second kappa shape index (κ2) is 11.8. The van der Waals surface area contributed by atoms with Crippen LogP contribution in [0.2, 0.25) is 0 Å². The van der Waals surface area contributed by atoms with E-state index in [1.807, 2.05) is 0 Å². The van der Waals surface area contributed by atoms with E-state index >= 15 is 0 Å². The van der Waals surface area contributed by atoms with Gasteiger partial charge < -0.3 is 19.7 Å². The van der Waals surface area contributed by atoms with Crippen molar-refractivity contribution < 1.29 is 31.1 Å². The van der Waals surface area contributed by atoms with Crippen molar-refractivity contribution in [2.24, 2.45) is 5.14 Å². The van der Waals surface area contributed by atoms with Crippen LogP contribution in [0.4, 0.5) is 11.4 Å². The Morgan fingerprint density at radius 1 is 0.978 bits per heavy atom. The number of amides is 1. The number of primary sulfonamides is 1. The summed E-state index contributed by atoms with van der Waals surface area (Å²) in [6, 6.07) is 9.07. The van der Waals surface area contributed by atoms with E-state index in [1.54, 1.807) is 29.3 Å². The third-order valence-corrected chi connectivity index (χ3v) is 10.0. The molecule has 1 saturated heterocycles. The lowest BCUT2D eigenvalue weighted by atomic mass is 10.0. The molecule has 3 heterocycles. The summed E-state index contributed by atoms with van der Waals surface area (Å²) in [5.41, 5.74) is 2.02. The minimum Gasteiger partial charge on any atom is -0.480 e. The van der Waals surface area contributed by atoms with Crippen LogP contribution in [-0.4, -0.2) is 75.9 Å². The molecule has 0 bridgehead atoms. The number of likely N-dealkylation sites (tertiary alicyclic amines) is 1. The van der Waals surface area contributed by atoms with Gasteiger partial charge in [-0.2, -0.15) is 4.98 Å². The maximum atomic E-state index is 13.5. The molecule has 6 rings (SSSR count). The minimum absolute atomic E-state index is 0.110. The van der Waals surface area contributed by atoms with Crippen LogP contribution >= 0.6 is 0 Å². The SMILES string of the molecule is COc1ncc(-c2ccc3c(Nc4cc(C(=O)N5CCCC5)cc(S(N)(=O)=O)c4)c(S(=O)(=O)NC4CC4)cnc3c2)c(OC)n1. The topological polar surface area (TPSA) is 196 Å². The molecule has 1 aliphatic carbocycles. The van der Waals surface area contributed by atoms with Crippen molar-refractivity contribution in [1.82, 2.24) is 24.6 Å². The van der Waals surface area contributed by atoms with Crippen LogP contribution in [0.15, 0.2) is 58.6 Å². The normalized spacial score (nSPS) is 15.3. The maximum Gasteiger partial charge on any atom is 0.319 e. The maximum absolute atomic E-state index is 13.5. The fourth-order valence-corrected chi connectivity index (χ4v) is 7.17. The Bertz CT molecular complexity index is 2030. The van der Waals surface area contributed by atoms with E-state index in [9.17, 15) is 21.6 Å². The number of aromatic nitrogens is 3. The third kappa shape index (κ3) is 6.40. The Morgan fingerprint density at radius 3 is 2.40 bits per heavy atom. The molecule has 2 aromatic carbocycles. The number of benzene rings is 2. The van der Waals surface area contributed by atoms with E-state index in [-0.39, 0.29) is 50.6 Å². The minimum atomic E-state index is -4.22. The second-order valence-corrected chi connectivity index (χ2v) is 14.1. The lowest BCUT2D eigenvalue weighted by molar-refractivity contribution is 0.0792. The summed E-state index contributed by atoms with van der Waals surface area (Å²) in [5, 5.41) is 8.99. The Labute approximate surface area is 260 Å². The molecule has 16 heteroatoms. The van der Waals surface area contributed by atoms with Gasteiger partial charge in [-0.1, -0.05) is 12.1 Å². The number of hydrogen-bond acceptors (Lipinski definition) is 11. The third-order valence-electron chi connectivity index (χ3n) is 7.59. The van der Waals surface area contributed by atoms with Gasteiger partial charge in [-0.25, -0.2) is 31.7 Å². The van der Waals surface area contributed by atoms with Crippen LogP contribution in [0, 0.1) is 0 Å². The summed E-state index contributed by atoms with van der Waals surface area (Å²) >= 11 is 0. The molecule has 1 amide bonds. The zero-order valence-electron chi connectivity index (χ0n) is 24.5. The number of rotatable bonds is 10. The fraction of sp³-hybridized carbons (Fsp3) is 0.310. The zero-order chi connectivity index (χ0) is 31.9. The molecular formula is C29H31N7O7S2. The largest absolute Gasteiger partial charge is 0.480 e. The van der Waals surface area contributed by atoms with Gasteiger partial charge >= 0.3 is 6.01 Å². The van der Waals surface area contributed by atoms with Gasteiger partial charge in [0.15, 0.2) is 0 Å². The zero-order valence-corrected chi connectivity index (χ0v) is 26.1. The summed E-state index contributed by atoms with van der Waals surface area (Å²) in [6.07, 6.45) is 5.91. The molecule has 1 saturated carbocycles. The molecule has 236 valence electrons. The van der Waals surface area contributed by atoms with Crippen molar-refractivity contribution in [2.75, 3.05) is 32.6 Å². The first-order valence-corrected chi connectivity index (χ1v) is 17.1. The van der Waals surface area contributed by atoms with Crippen molar-refractivity contribution >= 4 is 48.2 Å². The van der Waals surface area contributed by atoms with Gasteiger partial charge in [-0.05, 0) is 55.5 Å². The van der Waals surface area contributed by atoms with Gasteiger partial charge in [0.25, 0.3) is 5.91 Å². The molecule has 14 nitrogen and oxygen atoms in total. The van der Waals surface area contributed by atoms with Crippen LogP contribution in [0.25, 0.3) is 22.0 Å². The van der Waals surface area contributed by atoms with Gasteiger partial charge in [-0.15, -0.1) is 0 Å². The molecular weight excluding hydrogens is 622 g/mol. The summed E-state index contributed by atoms with van der Waals surface area (Å²) in [6.45, 7) is 1.11. The van der Waals surface area contributed by atoms with Crippen LogP contribution in [0.5, 0.6) is 11.9 Å². The van der Waals surface area contributed by atoms with Crippen LogP contribution in [-0.2, 0) is 20.0 Å². The summed E-state index contributed by atoms with van der Waals surface area (Å²) in [5.74, 6) is -0.0773. The number of sulfonamides is 2. The van der Waals surface area contributed by atoms with Gasteiger partial charge in [0, 0.05) is 48.2 Å². The molecule has 2 fully saturated rings. The van der Waals surface area contributed by atoms with Crippen LogP contribution in [0.3, 0.4) is 0 Å². The smallest absolute Gasteiger partial charge is 0.319 e. The predicted octanol–water partition coefficient (Wildman–Crippen LogP) is 2.78. The van der Waals surface area contributed by atoms with Crippen molar-refractivity contribution in [2.45, 2.75) is 41.5 Å². The number of carbonyl (C=O) groups is 1. The molecule has 2 aliphatic rings. The highest BCUT2D eigenvalue weighted by atomic mass is 32.2. The highest BCUT2D eigenvalue weighted by molar-refractivity contribution is 7.89. The number of fused-ring (bicyclic) bond motifs is 1. The van der Waals surface area contributed by atoms with Crippen molar-refractivity contribution in [3.05, 3.63) is 54.4 Å². The Morgan fingerprint density at radius 2 is 1.73 bits per heavy atom. The first kappa shape index (κ1) is 30.6. The van der Waals surface area contributed by atoms with E-state index in [0.29, 0.717) is 35.1 Å².